The highest BCUT2D eigenvalue weighted by Crippen LogP contribution is 2.16. The molecule has 1 atom stereocenters. The number of hydrogen-bond donors (Lipinski definition) is 2. The second-order valence-electron chi connectivity index (χ2n) is 4.36. The largest absolute Gasteiger partial charge is 0.399 e. The number of amides is 1. The second-order valence-corrected chi connectivity index (χ2v) is 4.36. The highest BCUT2D eigenvalue weighted by molar-refractivity contribution is 5.93. The minimum absolute atomic E-state index is 0.00429. The van der Waals surface area contributed by atoms with E-state index in [2.05, 4.69) is 10.3 Å². The Morgan fingerprint density at radius 1 is 1.33 bits per heavy atom. The maximum atomic E-state index is 12.2. The number of nitriles is 2. The van der Waals surface area contributed by atoms with Crippen LogP contribution in [0.2, 0.25) is 0 Å². The van der Waals surface area contributed by atoms with E-state index in [1.807, 2.05) is 12.1 Å². The molecular weight excluding hydrogens is 268 g/mol. The van der Waals surface area contributed by atoms with E-state index in [4.69, 9.17) is 16.3 Å². The Labute approximate surface area is 121 Å². The van der Waals surface area contributed by atoms with Crippen molar-refractivity contribution in [3.63, 3.8) is 0 Å². The quantitative estimate of drug-likeness (QED) is 0.823. The number of carbonyl (C=O) groups is 1. The fourth-order valence-corrected chi connectivity index (χ4v) is 1.79. The lowest BCUT2D eigenvalue weighted by Gasteiger charge is -2.14. The van der Waals surface area contributed by atoms with Gasteiger partial charge < -0.3 is 15.6 Å². The Hall–Kier alpha value is -3.32. The van der Waals surface area contributed by atoms with Crippen molar-refractivity contribution in [2.24, 2.45) is 0 Å². The molecule has 0 fully saturated rings. The van der Waals surface area contributed by atoms with E-state index in [0.717, 1.165) is 0 Å². The molecule has 1 unspecified atom stereocenters. The molecule has 1 aromatic heterocycles. The third-order valence-corrected chi connectivity index (χ3v) is 2.98. The van der Waals surface area contributed by atoms with Crippen molar-refractivity contribution in [2.45, 2.75) is 13.0 Å². The van der Waals surface area contributed by atoms with Crippen molar-refractivity contribution in [3.05, 3.63) is 42.0 Å². The van der Waals surface area contributed by atoms with Gasteiger partial charge in [0, 0.05) is 11.4 Å². The predicted molar refractivity (Wildman–Crippen MR) is 75.9 cm³/mol. The first-order valence-electron chi connectivity index (χ1n) is 6.10. The number of anilines is 2. The van der Waals surface area contributed by atoms with Crippen LogP contribution in [0.25, 0.3) is 0 Å². The summed E-state index contributed by atoms with van der Waals surface area (Å²) in [6.07, 6.45) is 1.31. The number of nitrogens with two attached hydrogens (primary N) is 1. The average Bonchev–Trinajstić information content (AvgIpc) is 2.91. The molecule has 0 bridgehead atoms. The summed E-state index contributed by atoms with van der Waals surface area (Å²) in [4.78, 5) is 16.0. The lowest BCUT2D eigenvalue weighted by Crippen LogP contribution is -2.24. The van der Waals surface area contributed by atoms with Gasteiger partial charge in [-0.05, 0) is 31.2 Å². The van der Waals surface area contributed by atoms with Crippen molar-refractivity contribution >= 4 is 17.3 Å². The fraction of sp³-hybridized carbons (Fsp3) is 0.143. The van der Waals surface area contributed by atoms with Gasteiger partial charge in [-0.1, -0.05) is 0 Å². The molecule has 7 heteroatoms. The predicted octanol–water partition coefficient (Wildman–Crippen LogP) is 1.41. The van der Waals surface area contributed by atoms with Crippen molar-refractivity contribution in [1.29, 1.82) is 10.5 Å². The van der Waals surface area contributed by atoms with Gasteiger partial charge in [0.15, 0.2) is 11.4 Å². The molecule has 0 aliphatic carbocycles. The summed E-state index contributed by atoms with van der Waals surface area (Å²) in [6.45, 7) is 1.62. The van der Waals surface area contributed by atoms with Gasteiger partial charge in [-0.15, -0.1) is 0 Å². The highest BCUT2D eigenvalue weighted by Gasteiger charge is 2.20. The van der Waals surface area contributed by atoms with Crippen LogP contribution in [0.5, 0.6) is 0 Å². The third kappa shape index (κ3) is 2.82. The number of nitrogen functional groups attached to an aromatic ring is 1. The lowest BCUT2D eigenvalue weighted by atomic mass is 10.2. The number of nitrogens with zero attached hydrogens (tertiary/aromatic N) is 4. The Bertz CT molecular complexity index is 747. The molecule has 0 aliphatic heterocycles. The summed E-state index contributed by atoms with van der Waals surface area (Å²) in [5.74, 6) is -0.321. The third-order valence-electron chi connectivity index (χ3n) is 2.98. The number of imidazole rings is 1. The minimum Gasteiger partial charge on any atom is -0.399 e. The van der Waals surface area contributed by atoms with Crippen molar-refractivity contribution in [1.82, 2.24) is 9.55 Å². The Kier molecular flexibility index (Phi) is 3.87. The lowest BCUT2D eigenvalue weighted by molar-refractivity contribution is -0.118. The van der Waals surface area contributed by atoms with Crippen molar-refractivity contribution in [3.8, 4) is 12.1 Å². The zero-order valence-corrected chi connectivity index (χ0v) is 11.2. The normalized spacial score (nSPS) is 11.2. The van der Waals surface area contributed by atoms with Gasteiger partial charge in [-0.3, -0.25) is 4.79 Å². The average molecular weight is 280 g/mol. The zero-order chi connectivity index (χ0) is 15.4. The molecule has 0 radical (unpaired) electrons. The first-order valence-corrected chi connectivity index (χ1v) is 6.10. The Morgan fingerprint density at radius 3 is 2.57 bits per heavy atom. The zero-order valence-electron chi connectivity index (χ0n) is 11.2. The SMILES string of the molecule is CC(C(=O)Nc1ccc(N)cc1)n1cnc(C#N)c1C#N. The van der Waals surface area contributed by atoms with Crippen LogP contribution in [0.1, 0.15) is 24.4 Å². The smallest absolute Gasteiger partial charge is 0.247 e. The van der Waals surface area contributed by atoms with Crippen LogP contribution in [0.3, 0.4) is 0 Å². The molecule has 0 saturated heterocycles. The van der Waals surface area contributed by atoms with Gasteiger partial charge in [0.05, 0.1) is 6.33 Å². The molecule has 3 N–H and O–H groups in total. The second kappa shape index (κ2) is 5.76. The van der Waals surface area contributed by atoms with Crippen LogP contribution in [-0.2, 0) is 4.79 Å². The standard InChI is InChI=1S/C14H12N6O/c1-9(20-8-18-12(6-15)13(20)7-16)14(21)19-11-4-2-10(17)3-5-11/h2-5,8-9H,17H2,1H3,(H,19,21). The maximum Gasteiger partial charge on any atom is 0.247 e. The molecule has 7 nitrogen and oxygen atoms in total. The summed E-state index contributed by atoms with van der Waals surface area (Å²) in [5.41, 5.74) is 6.84. The number of nitrogens with one attached hydrogen (secondary N) is 1. The monoisotopic (exact) mass is 280 g/mol. The topological polar surface area (TPSA) is 121 Å². The van der Waals surface area contributed by atoms with Crippen LogP contribution in [0.15, 0.2) is 30.6 Å². The van der Waals surface area contributed by atoms with E-state index in [0.29, 0.717) is 11.4 Å². The molecule has 1 aromatic carbocycles. The summed E-state index contributed by atoms with van der Waals surface area (Å²) >= 11 is 0. The molecule has 21 heavy (non-hydrogen) atoms. The Morgan fingerprint density at radius 2 is 2.00 bits per heavy atom. The van der Waals surface area contributed by atoms with Crippen LogP contribution in [0, 0.1) is 22.7 Å². The molecular formula is C14H12N6O. The van der Waals surface area contributed by atoms with E-state index in [1.54, 1.807) is 31.2 Å². The number of aromatic nitrogens is 2. The van der Waals surface area contributed by atoms with Crippen LogP contribution in [0.4, 0.5) is 11.4 Å². The summed E-state index contributed by atoms with van der Waals surface area (Å²) in [5, 5.41) is 20.6. The fourth-order valence-electron chi connectivity index (χ4n) is 1.79. The van der Waals surface area contributed by atoms with Gasteiger partial charge >= 0.3 is 0 Å². The molecule has 2 rings (SSSR count). The molecule has 104 valence electrons. The van der Waals surface area contributed by atoms with E-state index < -0.39 is 6.04 Å². The van der Waals surface area contributed by atoms with Crippen molar-refractivity contribution < 1.29 is 4.79 Å². The summed E-state index contributed by atoms with van der Waals surface area (Å²) in [7, 11) is 0. The summed E-state index contributed by atoms with van der Waals surface area (Å²) in [6, 6.07) is 9.73. The van der Waals surface area contributed by atoms with E-state index in [9.17, 15) is 4.79 Å². The van der Waals surface area contributed by atoms with Gasteiger partial charge in [0.2, 0.25) is 5.91 Å². The molecule has 0 saturated carbocycles. The van der Waals surface area contributed by atoms with Crippen LogP contribution >= 0.6 is 0 Å². The minimum atomic E-state index is -0.674. The number of benzene rings is 1. The van der Waals surface area contributed by atoms with Gasteiger partial charge in [-0.25, -0.2) is 4.98 Å². The van der Waals surface area contributed by atoms with Crippen molar-refractivity contribution in [2.75, 3.05) is 11.1 Å². The van der Waals surface area contributed by atoms with Gasteiger partial charge in [0.25, 0.3) is 0 Å². The molecule has 0 spiro atoms. The number of carbonyl (C=O) groups excluding carboxylic acids is 1. The number of hydrogen-bond acceptors (Lipinski definition) is 5. The highest BCUT2D eigenvalue weighted by atomic mass is 16.2. The first kappa shape index (κ1) is 14.1. The molecule has 2 aromatic rings. The summed E-state index contributed by atoms with van der Waals surface area (Å²) < 4.78 is 1.37. The van der Waals surface area contributed by atoms with E-state index in [1.165, 1.54) is 10.9 Å². The van der Waals surface area contributed by atoms with Crippen LogP contribution < -0.4 is 11.1 Å². The van der Waals surface area contributed by atoms with E-state index >= 15 is 0 Å². The maximum absolute atomic E-state index is 12.2. The Balaban J connectivity index is 2.20. The molecule has 1 amide bonds. The molecule has 0 aliphatic rings. The van der Waals surface area contributed by atoms with Crippen LogP contribution in [-0.4, -0.2) is 15.5 Å². The van der Waals surface area contributed by atoms with Gasteiger partial charge in [0.1, 0.15) is 18.2 Å². The first-order chi connectivity index (χ1) is 10.1. The van der Waals surface area contributed by atoms with Gasteiger partial charge in [-0.2, -0.15) is 10.5 Å². The van der Waals surface area contributed by atoms with E-state index in [-0.39, 0.29) is 17.3 Å². The number of rotatable bonds is 3. The molecule has 1 heterocycles.